The van der Waals surface area contributed by atoms with Crippen LogP contribution in [-0.4, -0.2) is 13.3 Å². The van der Waals surface area contributed by atoms with E-state index in [9.17, 15) is 8.78 Å². The van der Waals surface area contributed by atoms with Crippen LogP contribution in [0.15, 0.2) is 0 Å². The molecular weight excluding hydrogens is 230 g/mol. The molecule has 2 aliphatic carbocycles. The van der Waals surface area contributed by atoms with Crippen molar-refractivity contribution in [2.75, 3.05) is 13.3 Å². The van der Waals surface area contributed by atoms with Crippen LogP contribution >= 0.6 is 0 Å². The molecule has 0 heterocycles. The normalized spacial score (nSPS) is 22.3. The van der Waals surface area contributed by atoms with Crippen molar-refractivity contribution in [1.82, 2.24) is 0 Å². The van der Waals surface area contributed by atoms with Gasteiger partial charge in [0.25, 0.3) is 0 Å². The Balaban J connectivity index is 0.000000180. The van der Waals surface area contributed by atoms with E-state index in [0.29, 0.717) is 0 Å². The molecule has 2 heteroatoms. The first-order valence-electron chi connectivity index (χ1n) is 7.98. The van der Waals surface area contributed by atoms with E-state index in [1.807, 2.05) is 0 Å². The predicted octanol–water partition coefficient (Wildman–Crippen LogP) is 5.85. The van der Waals surface area contributed by atoms with Crippen molar-refractivity contribution in [1.29, 1.82) is 0 Å². The fraction of sp³-hybridized carbons (Fsp3) is 1.00. The van der Waals surface area contributed by atoms with Crippen molar-refractivity contribution in [2.45, 2.75) is 77.0 Å². The average molecular weight is 260 g/mol. The van der Waals surface area contributed by atoms with Gasteiger partial charge in [0.2, 0.25) is 0 Å². The number of hydrogen-bond donors (Lipinski definition) is 0. The van der Waals surface area contributed by atoms with E-state index in [2.05, 4.69) is 0 Å². The number of halogens is 2. The highest BCUT2D eigenvalue weighted by Gasteiger charge is 2.12. The molecule has 18 heavy (non-hydrogen) atoms. The van der Waals surface area contributed by atoms with Gasteiger partial charge in [0.15, 0.2) is 0 Å². The van der Waals surface area contributed by atoms with E-state index in [0.717, 1.165) is 24.7 Å². The van der Waals surface area contributed by atoms with Gasteiger partial charge >= 0.3 is 0 Å². The average Bonchev–Trinajstić information content (AvgIpc) is 2.43. The molecule has 0 N–H and O–H groups in total. The van der Waals surface area contributed by atoms with E-state index < -0.39 is 0 Å². The minimum atomic E-state index is -0.106. The second-order valence-electron chi connectivity index (χ2n) is 5.96. The Morgan fingerprint density at radius 3 is 1.17 bits per heavy atom. The molecule has 0 bridgehead atoms. The summed E-state index contributed by atoms with van der Waals surface area (Å²) in [5.74, 6) is 1.45. The summed E-state index contributed by atoms with van der Waals surface area (Å²) in [6.07, 6.45) is 14.9. The van der Waals surface area contributed by atoms with E-state index in [-0.39, 0.29) is 13.3 Å². The molecule has 2 aliphatic rings. The third kappa shape index (κ3) is 7.33. The first-order valence-corrected chi connectivity index (χ1v) is 7.98. The first kappa shape index (κ1) is 15.9. The highest BCUT2D eigenvalue weighted by Crippen LogP contribution is 2.26. The van der Waals surface area contributed by atoms with Crippen LogP contribution < -0.4 is 0 Å². The zero-order valence-corrected chi connectivity index (χ0v) is 11.8. The molecule has 2 fully saturated rings. The van der Waals surface area contributed by atoms with Crippen LogP contribution in [0.2, 0.25) is 0 Å². The summed E-state index contributed by atoms with van der Waals surface area (Å²) in [5, 5.41) is 0. The minimum absolute atomic E-state index is 0.106. The minimum Gasteiger partial charge on any atom is -0.251 e. The van der Waals surface area contributed by atoms with Gasteiger partial charge in [-0.3, -0.25) is 8.78 Å². The van der Waals surface area contributed by atoms with Gasteiger partial charge in [-0.05, 0) is 24.7 Å². The zero-order valence-electron chi connectivity index (χ0n) is 11.8. The fourth-order valence-corrected chi connectivity index (χ4v) is 3.26. The van der Waals surface area contributed by atoms with Gasteiger partial charge in [0.05, 0.1) is 13.3 Å². The van der Waals surface area contributed by atoms with Crippen molar-refractivity contribution in [3.05, 3.63) is 0 Å². The molecule has 0 unspecified atom stereocenters. The monoisotopic (exact) mass is 260 g/mol. The van der Waals surface area contributed by atoms with Crippen LogP contribution in [0, 0.1) is 11.8 Å². The van der Waals surface area contributed by atoms with Crippen LogP contribution in [0.25, 0.3) is 0 Å². The molecule has 0 saturated heterocycles. The molecule has 0 radical (unpaired) electrons. The molecule has 0 aliphatic heterocycles. The lowest BCUT2D eigenvalue weighted by atomic mass is 9.87. The molecule has 0 spiro atoms. The molecule has 2 rings (SSSR count). The van der Waals surface area contributed by atoms with Crippen LogP contribution in [0.1, 0.15) is 77.0 Å². The largest absolute Gasteiger partial charge is 0.251 e. The summed E-state index contributed by atoms with van der Waals surface area (Å²) in [4.78, 5) is 0. The molecule has 0 aromatic rings. The summed E-state index contributed by atoms with van der Waals surface area (Å²) >= 11 is 0. The zero-order chi connectivity index (χ0) is 13.1. The molecular formula is C16H30F2. The van der Waals surface area contributed by atoms with Gasteiger partial charge in [0, 0.05) is 0 Å². The Labute approximate surface area is 112 Å². The van der Waals surface area contributed by atoms with E-state index in [1.54, 1.807) is 0 Å². The lowest BCUT2D eigenvalue weighted by Gasteiger charge is -2.19. The maximum absolute atomic E-state index is 11.8. The lowest BCUT2D eigenvalue weighted by Crippen LogP contribution is -2.06. The van der Waals surface area contributed by atoms with Gasteiger partial charge in [-0.15, -0.1) is 0 Å². The quantitative estimate of drug-likeness (QED) is 0.594. The Hall–Kier alpha value is -0.140. The smallest absolute Gasteiger partial charge is 0.0897 e. The van der Waals surface area contributed by atoms with Gasteiger partial charge in [-0.1, -0.05) is 64.2 Å². The van der Waals surface area contributed by atoms with Crippen molar-refractivity contribution in [2.24, 2.45) is 11.8 Å². The van der Waals surface area contributed by atoms with Crippen molar-refractivity contribution >= 4 is 0 Å². The van der Waals surface area contributed by atoms with E-state index in [1.165, 1.54) is 64.2 Å². The first-order chi connectivity index (χ1) is 8.86. The SMILES string of the molecule is FCCC1CCCCC1.FCCC1CCCCC1. The third-order valence-electron chi connectivity index (χ3n) is 4.48. The Morgan fingerprint density at radius 1 is 0.556 bits per heavy atom. The maximum atomic E-state index is 11.8. The highest BCUT2D eigenvalue weighted by atomic mass is 19.1. The Morgan fingerprint density at radius 2 is 0.889 bits per heavy atom. The highest BCUT2D eigenvalue weighted by molar-refractivity contribution is 4.65. The molecule has 0 atom stereocenters. The summed E-state index contributed by atoms with van der Waals surface area (Å²) in [5.41, 5.74) is 0. The van der Waals surface area contributed by atoms with E-state index >= 15 is 0 Å². The van der Waals surface area contributed by atoms with Crippen LogP contribution in [0.3, 0.4) is 0 Å². The van der Waals surface area contributed by atoms with Gasteiger partial charge in [-0.2, -0.15) is 0 Å². The topological polar surface area (TPSA) is 0 Å². The molecule has 0 nitrogen and oxygen atoms in total. The predicted molar refractivity (Wildman–Crippen MR) is 74.3 cm³/mol. The Bertz CT molecular complexity index is 144. The summed E-state index contributed by atoms with van der Waals surface area (Å²) in [6.45, 7) is -0.213. The number of hydrogen-bond acceptors (Lipinski definition) is 0. The molecule has 0 amide bonds. The van der Waals surface area contributed by atoms with Crippen LogP contribution in [-0.2, 0) is 0 Å². The van der Waals surface area contributed by atoms with Gasteiger partial charge in [0.1, 0.15) is 0 Å². The van der Waals surface area contributed by atoms with Crippen LogP contribution in [0.4, 0.5) is 8.78 Å². The van der Waals surface area contributed by atoms with E-state index in [4.69, 9.17) is 0 Å². The fourth-order valence-electron chi connectivity index (χ4n) is 3.26. The molecule has 0 aromatic heterocycles. The third-order valence-corrected chi connectivity index (χ3v) is 4.48. The van der Waals surface area contributed by atoms with Crippen molar-refractivity contribution in [3.63, 3.8) is 0 Å². The maximum Gasteiger partial charge on any atom is 0.0897 e. The molecule has 0 aromatic carbocycles. The summed E-state index contributed by atoms with van der Waals surface area (Å²) in [7, 11) is 0. The second kappa shape index (κ2) is 10.8. The second-order valence-corrected chi connectivity index (χ2v) is 5.96. The Kier molecular flexibility index (Phi) is 9.51. The number of rotatable bonds is 4. The van der Waals surface area contributed by atoms with Gasteiger partial charge in [-0.25, -0.2) is 0 Å². The van der Waals surface area contributed by atoms with Gasteiger partial charge < -0.3 is 0 Å². The summed E-state index contributed by atoms with van der Waals surface area (Å²) in [6, 6.07) is 0. The summed E-state index contributed by atoms with van der Waals surface area (Å²) < 4.78 is 23.6. The number of alkyl halides is 2. The van der Waals surface area contributed by atoms with Crippen LogP contribution in [0.5, 0.6) is 0 Å². The molecule has 2 saturated carbocycles. The molecule has 108 valence electrons. The lowest BCUT2D eigenvalue weighted by molar-refractivity contribution is 0.304. The van der Waals surface area contributed by atoms with Crippen molar-refractivity contribution < 1.29 is 8.78 Å². The standard InChI is InChI=1S/2C8H15F/c2*9-7-6-8-4-2-1-3-5-8/h2*8H,1-7H2. The van der Waals surface area contributed by atoms with Crippen molar-refractivity contribution in [3.8, 4) is 0 Å².